The van der Waals surface area contributed by atoms with Gasteiger partial charge in [0.05, 0.1) is 7.11 Å². The highest BCUT2D eigenvalue weighted by molar-refractivity contribution is 7.89. The van der Waals surface area contributed by atoms with Gasteiger partial charge in [0.25, 0.3) is 0 Å². The minimum atomic E-state index is -3.48. The van der Waals surface area contributed by atoms with Crippen molar-refractivity contribution < 1.29 is 13.2 Å². The van der Waals surface area contributed by atoms with Gasteiger partial charge in [0, 0.05) is 0 Å². The molecule has 0 bridgehead atoms. The maximum absolute atomic E-state index is 11.6. The number of rotatable bonds is 5. The van der Waals surface area contributed by atoms with Crippen LogP contribution in [0.2, 0.25) is 0 Å². The second kappa shape index (κ2) is 5.29. The summed E-state index contributed by atoms with van der Waals surface area (Å²) in [6, 6.07) is 4.95. The van der Waals surface area contributed by atoms with Gasteiger partial charge in [-0.3, -0.25) is 0 Å². The Morgan fingerprint density at radius 2 is 2.12 bits per heavy atom. The van der Waals surface area contributed by atoms with Gasteiger partial charge in [-0.25, -0.2) is 13.1 Å². The zero-order valence-electron chi connectivity index (χ0n) is 9.36. The molecule has 0 spiro atoms. The maximum Gasteiger partial charge on any atom is 0.243 e. The minimum Gasteiger partial charge on any atom is -0.495 e. The molecule has 0 fully saturated rings. The highest BCUT2D eigenvalue weighted by Gasteiger charge is 2.17. The van der Waals surface area contributed by atoms with Gasteiger partial charge < -0.3 is 10.5 Å². The highest BCUT2D eigenvalue weighted by Crippen LogP contribution is 2.24. The lowest BCUT2D eigenvalue weighted by Gasteiger charge is -2.10. The first-order valence-electron chi connectivity index (χ1n) is 4.85. The summed E-state index contributed by atoms with van der Waals surface area (Å²) >= 11 is 0. The van der Waals surface area contributed by atoms with Gasteiger partial charge in [0.15, 0.2) is 0 Å². The summed E-state index contributed by atoms with van der Waals surface area (Å²) in [5.41, 5.74) is 6.38. The normalized spacial score (nSPS) is 11.4. The zero-order chi connectivity index (χ0) is 12.2. The van der Waals surface area contributed by atoms with E-state index in [1.54, 1.807) is 12.1 Å². The first-order valence-corrected chi connectivity index (χ1v) is 6.34. The summed E-state index contributed by atoms with van der Waals surface area (Å²) in [5, 5.41) is 0. The van der Waals surface area contributed by atoms with Crippen molar-refractivity contribution in [2.75, 3.05) is 20.7 Å². The Morgan fingerprint density at radius 1 is 1.44 bits per heavy atom. The SMILES string of the molecule is CNS(=O)(=O)c1ccc(CCN)cc1OC. The van der Waals surface area contributed by atoms with Crippen LogP contribution in [0.3, 0.4) is 0 Å². The average molecular weight is 244 g/mol. The van der Waals surface area contributed by atoms with Crippen molar-refractivity contribution in [1.29, 1.82) is 0 Å². The van der Waals surface area contributed by atoms with Crippen LogP contribution in [0.15, 0.2) is 23.1 Å². The van der Waals surface area contributed by atoms with Crippen molar-refractivity contribution in [1.82, 2.24) is 4.72 Å². The summed E-state index contributed by atoms with van der Waals surface area (Å²) in [6.45, 7) is 0.515. The molecule has 1 aromatic carbocycles. The van der Waals surface area contributed by atoms with Crippen LogP contribution in [-0.4, -0.2) is 29.1 Å². The third-order valence-electron chi connectivity index (χ3n) is 2.22. The molecule has 0 saturated heterocycles. The van der Waals surface area contributed by atoms with Gasteiger partial charge in [-0.15, -0.1) is 0 Å². The van der Waals surface area contributed by atoms with E-state index in [0.717, 1.165) is 5.56 Å². The van der Waals surface area contributed by atoms with E-state index in [1.807, 2.05) is 0 Å². The Kier molecular flexibility index (Phi) is 4.28. The maximum atomic E-state index is 11.6. The molecule has 0 atom stereocenters. The monoisotopic (exact) mass is 244 g/mol. The van der Waals surface area contributed by atoms with Crippen LogP contribution in [0, 0.1) is 0 Å². The van der Waals surface area contributed by atoms with E-state index in [9.17, 15) is 8.42 Å². The number of ether oxygens (including phenoxy) is 1. The molecule has 0 saturated carbocycles. The minimum absolute atomic E-state index is 0.137. The van der Waals surface area contributed by atoms with Gasteiger partial charge in [-0.2, -0.15) is 0 Å². The van der Waals surface area contributed by atoms with Crippen molar-refractivity contribution in [2.45, 2.75) is 11.3 Å². The highest BCUT2D eigenvalue weighted by atomic mass is 32.2. The molecule has 1 rings (SSSR count). The van der Waals surface area contributed by atoms with Crippen LogP contribution in [0.25, 0.3) is 0 Å². The molecule has 0 amide bonds. The summed E-state index contributed by atoms with van der Waals surface area (Å²) < 4.78 is 30.6. The summed E-state index contributed by atoms with van der Waals surface area (Å²) in [5.74, 6) is 0.334. The van der Waals surface area contributed by atoms with Crippen molar-refractivity contribution in [3.8, 4) is 5.75 Å². The molecule has 3 N–H and O–H groups in total. The van der Waals surface area contributed by atoms with E-state index in [-0.39, 0.29) is 4.90 Å². The zero-order valence-corrected chi connectivity index (χ0v) is 10.2. The van der Waals surface area contributed by atoms with E-state index < -0.39 is 10.0 Å². The molecular formula is C10H16N2O3S. The smallest absolute Gasteiger partial charge is 0.243 e. The molecule has 1 aromatic rings. The second-order valence-corrected chi connectivity index (χ2v) is 5.09. The van der Waals surface area contributed by atoms with E-state index in [0.29, 0.717) is 18.7 Å². The fourth-order valence-electron chi connectivity index (χ4n) is 1.37. The first kappa shape index (κ1) is 13.0. The number of nitrogens with two attached hydrogens (primary N) is 1. The second-order valence-electron chi connectivity index (χ2n) is 3.23. The molecule has 0 aliphatic carbocycles. The first-order chi connectivity index (χ1) is 7.55. The van der Waals surface area contributed by atoms with E-state index >= 15 is 0 Å². The van der Waals surface area contributed by atoms with Crippen LogP contribution < -0.4 is 15.2 Å². The number of nitrogens with one attached hydrogen (secondary N) is 1. The largest absolute Gasteiger partial charge is 0.495 e. The lowest BCUT2D eigenvalue weighted by molar-refractivity contribution is 0.402. The number of benzene rings is 1. The molecule has 0 heterocycles. The van der Waals surface area contributed by atoms with Crippen molar-refractivity contribution in [3.05, 3.63) is 23.8 Å². The average Bonchev–Trinajstić information content (AvgIpc) is 2.29. The molecule has 0 radical (unpaired) electrons. The Balaban J connectivity index is 3.22. The Hall–Kier alpha value is -1.11. The fourth-order valence-corrected chi connectivity index (χ4v) is 2.24. The van der Waals surface area contributed by atoms with Crippen LogP contribution in [0.1, 0.15) is 5.56 Å². The summed E-state index contributed by atoms with van der Waals surface area (Å²) in [7, 11) is -0.675. The van der Waals surface area contributed by atoms with Gasteiger partial charge >= 0.3 is 0 Å². The Bertz CT molecular complexity index is 457. The molecule has 6 heteroatoms. The number of hydrogen-bond acceptors (Lipinski definition) is 4. The fraction of sp³-hybridized carbons (Fsp3) is 0.400. The quantitative estimate of drug-likeness (QED) is 0.770. The van der Waals surface area contributed by atoms with Crippen LogP contribution in [0.4, 0.5) is 0 Å². The summed E-state index contributed by atoms with van der Waals surface area (Å²) in [4.78, 5) is 0.137. The van der Waals surface area contributed by atoms with E-state index in [2.05, 4.69) is 4.72 Å². The van der Waals surface area contributed by atoms with Crippen molar-refractivity contribution in [2.24, 2.45) is 5.73 Å². The van der Waals surface area contributed by atoms with Gasteiger partial charge in [-0.1, -0.05) is 6.07 Å². The molecule has 0 aliphatic rings. The van der Waals surface area contributed by atoms with Crippen LogP contribution >= 0.6 is 0 Å². The van der Waals surface area contributed by atoms with Gasteiger partial charge in [0.1, 0.15) is 10.6 Å². The Labute approximate surface area is 95.7 Å². The third-order valence-corrected chi connectivity index (χ3v) is 3.67. The van der Waals surface area contributed by atoms with Crippen LogP contribution in [-0.2, 0) is 16.4 Å². The van der Waals surface area contributed by atoms with Crippen molar-refractivity contribution in [3.63, 3.8) is 0 Å². The van der Waals surface area contributed by atoms with Gasteiger partial charge in [0.2, 0.25) is 10.0 Å². The molecule has 16 heavy (non-hydrogen) atoms. The molecule has 90 valence electrons. The van der Waals surface area contributed by atoms with E-state index in [1.165, 1.54) is 20.2 Å². The van der Waals surface area contributed by atoms with Gasteiger partial charge in [-0.05, 0) is 37.7 Å². The molecular weight excluding hydrogens is 228 g/mol. The summed E-state index contributed by atoms with van der Waals surface area (Å²) in [6.07, 6.45) is 0.691. The predicted molar refractivity (Wildman–Crippen MR) is 62.0 cm³/mol. The van der Waals surface area contributed by atoms with Crippen LogP contribution in [0.5, 0.6) is 5.75 Å². The topological polar surface area (TPSA) is 81.4 Å². The lowest BCUT2D eigenvalue weighted by atomic mass is 10.1. The molecule has 0 aliphatic heterocycles. The third kappa shape index (κ3) is 2.72. The number of hydrogen-bond donors (Lipinski definition) is 2. The van der Waals surface area contributed by atoms with E-state index in [4.69, 9.17) is 10.5 Å². The number of sulfonamides is 1. The molecule has 0 aromatic heterocycles. The number of methoxy groups -OCH3 is 1. The predicted octanol–water partition coefficient (Wildman–Crippen LogP) is 0.104. The Morgan fingerprint density at radius 3 is 2.62 bits per heavy atom. The standard InChI is InChI=1S/C10H16N2O3S/c1-12-16(13,14)10-4-3-8(5-6-11)7-9(10)15-2/h3-4,7,12H,5-6,11H2,1-2H3. The molecule has 5 nitrogen and oxygen atoms in total. The molecule has 0 unspecified atom stereocenters. The van der Waals surface area contributed by atoms with Crippen molar-refractivity contribution >= 4 is 10.0 Å². The lowest BCUT2D eigenvalue weighted by Crippen LogP contribution is -2.19.